The number of thiocarbonyl (C=S) groups is 1. The number of amides is 1. The highest BCUT2D eigenvalue weighted by atomic mass is 32.2. The highest BCUT2D eigenvalue weighted by molar-refractivity contribution is 8.28. The summed E-state index contributed by atoms with van der Waals surface area (Å²) in [4.78, 5) is 10.6. The van der Waals surface area contributed by atoms with Gasteiger partial charge >= 0.3 is 0 Å². The first-order valence-electron chi connectivity index (χ1n) is 2.14. The Morgan fingerprint density at radius 1 is 1.67 bits per heavy atom. The number of hydrazine groups is 1. The molecule has 1 saturated heterocycles. The lowest BCUT2D eigenvalue weighted by Crippen LogP contribution is -2.48. The number of hydrogen-bond donors (Lipinski definition) is 3. The molecule has 1 amide bonds. The van der Waals surface area contributed by atoms with Crippen LogP contribution in [0.2, 0.25) is 0 Å². The quantitative estimate of drug-likeness (QED) is 0.359. The van der Waals surface area contributed by atoms with Gasteiger partial charge in [0.15, 0.2) is 4.32 Å². The lowest BCUT2D eigenvalue weighted by Gasteiger charge is -2.18. The first kappa shape index (κ1) is 7.17. The topological polar surface area (TPSA) is 41.1 Å². The van der Waals surface area contributed by atoms with Crippen LogP contribution in [0.5, 0.6) is 0 Å². The van der Waals surface area contributed by atoms with Crippen LogP contribution in [-0.2, 0) is 4.79 Å². The maximum Gasteiger partial charge on any atom is 0.261 e. The second-order valence-corrected chi connectivity index (χ2v) is 4.02. The zero-order valence-electron chi connectivity index (χ0n) is 4.25. The molecular formula is C3H4N2OS3. The standard InChI is InChI=1S/C3H4N2OS3/c6-1-2(7)9-3(8)5-4-1/h2,7H,(H,4,6)(H,5,8). The number of thiol groups is 1. The molecule has 1 aliphatic rings. The van der Waals surface area contributed by atoms with E-state index in [0.717, 1.165) is 0 Å². The second-order valence-electron chi connectivity index (χ2n) is 1.37. The monoisotopic (exact) mass is 180 g/mol. The van der Waals surface area contributed by atoms with Crippen molar-refractivity contribution in [1.82, 2.24) is 10.9 Å². The van der Waals surface area contributed by atoms with Crippen molar-refractivity contribution in [2.75, 3.05) is 0 Å². The summed E-state index contributed by atoms with van der Waals surface area (Å²) in [6.07, 6.45) is 0. The molecular weight excluding hydrogens is 176 g/mol. The van der Waals surface area contributed by atoms with Gasteiger partial charge in [-0.15, -0.1) is 0 Å². The summed E-state index contributed by atoms with van der Waals surface area (Å²) in [5.41, 5.74) is 4.86. The minimum absolute atomic E-state index is 0.156. The lowest BCUT2D eigenvalue weighted by atomic mass is 10.7. The van der Waals surface area contributed by atoms with Crippen LogP contribution in [0.15, 0.2) is 0 Å². The fourth-order valence-corrected chi connectivity index (χ4v) is 1.77. The van der Waals surface area contributed by atoms with E-state index in [9.17, 15) is 4.79 Å². The summed E-state index contributed by atoms with van der Waals surface area (Å²) in [5.74, 6) is -0.156. The van der Waals surface area contributed by atoms with Gasteiger partial charge in [0, 0.05) is 0 Å². The zero-order valence-corrected chi connectivity index (χ0v) is 6.78. The minimum atomic E-state index is -0.362. The first-order chi connectivity index (χ1) is 4.20. The lowest BCUT2D eigenvalue weighted by molar-refractivity contribution is -0.119. The van der Waals surface area contributed by atoms with E-state index in [2.05, 4.69) is 23.5 Å². The van der Waals surface area contributed by atoms with Crippen LogP contribution in [0, 0.1) is 0 Å². The van der Waals surface area contributed by atoms with Crippen LogP contribution in [0.25, 0.3) is 0 Å². The van der Waals surface area contributed by atoms with Crippen molar-refractivity contribution in [3.8, 4) is 0 Å². The molecule has 9 heavy (non-hydrogen) atoms. The van der Waals surface area contributed by atoms with E-state index in [-0.39, 0.29) is 10.5 Å². The van der Waals surface area contributed by atoms with Crippen LogP contribution < -0.4 is 10.9 Å². The van der Waals surface area contributed by atoms with Crippen LogP contribution in [0.1, 0.15) is 0 Å². The number of thioether (sulfide) groups is 1. The summed E-state index contributed by atoms with van der Waals surface area (Å²) >= 11 is 9.88. The molecule has 0 aromatic carbocycles. The van der Waals surface area contributed by atoms with Gasteiger partial charge in [-0.1, -0.05) is 24.0 Å². The molecule has 3 nitrogen and oxygen atoms in total. The van der Waals surface area contributed by atoms with E-state index in [1.807, 2.05) is 0 Å². The van der Waals surface area contributed by atoms with Crippen molar-refractivity contribution in [1.29, 1.82) is 0 Å². The third kappa shape index (κ3) is 1.74. The van der Waals surface area contributed by atoms with Gasteiger partial charge < -0.3 is 0 Å². The zero-order chi connectivity index (χ0) is 6.85. The Morgan fingerprint density at radius 2 is 2.33 bits per heavy atom. The van der Waals surface area contributed by atoms with Gasteiger partial charge in [-0.25, -0.2) is 0 Å². The fourth-order valence-electron chi connectivity index (χ4n) is 0.359. The van der Waals surface area contributed by atoms with Crippen molar-refractivity contribution in [3.63, 3.8) is 0 Å². The van der Waals surface area contributed by atoms with Gasteiger partial charge in [0.1, 0.15) is 4.58 Å². The fraction of sp³-hybridized carbons (Fsp3) is 0.333. The molecule has 1 heterocycles. The summed E-state index contributed by atoms with van der Waals surface area (Å²) in [6.45, 7) is 0. The molecule has 0 radical (unpaired) electrons. The highest BCUT2D eigenvalue weighted by Crippen LogP contribution is 2.17. The Hall–Kier alpha value is 0.0600. The van der Waals surface area contributed by atoms with Crippen LogP contribution in [0.4, 0.5) is 0 Å². The number of carbonyl (C=O) groups excluding carboxylic acids is 1. The predicted octanol–water partition coefficient (Wildman–Crippen LogP) is -0.105. The van der Waals surface area contributed by atoms with E-state index in [0.29, 0.717) is 4.32 Å². The van der Waals surface area contributed by atoms with Crippen LogP contribution in [-0.4, -0.2) is 14.8 Å². The van der Waals surface area contributed by atoms with Crippen LogP contribution >= 0.6 is 36.6 Å². The van der Waals surface area contributed by atoms with E-state index >= 15 is 0 Å². The normalized spacial score (nSPS) is 27.0. The Morgan fingerprint density at radius 3 is 2.78 bits per heavy atom. The average Bonchev–Trinajstić information content (AvgIpc) is 1.80. The minimum Gasteiger partial charge on any atom is -0.283 e. The molecule has 1 unspecified atom stereocenters. The van der Waals surface area contributed by atoms with E-state index in [1.165, 1.54) is 11.8 Å². The molecule has 1 rings (SSSR count). The molecule has 6 heteroatoms. The van der Waals surface area contributed by atoms with Gasteiger partial charge in [0.25, 0.3) is 5.91 Å². The van der Waals surface area contributed by atoms with Gasteiger partial charge in [0.2, 0.25) is 0 Å². The summed E-state index contributed by atoms with van der Waals surface area (Å²) in [7, 11) is 0. The molecule has 1 fully saturated rings. The SMILES string of the molecule is O=C1NNC(=S)SC1S. The Balaban J connectivity index is 2.54. The Bertz CT molecular complexity index is 159. The molecule has 0 aromatic heterocycles. The average molecular weight is 180 g/mol. The Kier molecular flexibility index (Phi) is 2.20. The predicted molar refractivity (Wildman–Crippen MR) is 44.2 cm³/mol. The largest absolute Gasteiger partial charge is 0.283 e. The molecule has 0 saturated carbocycles. The maximum absolute atomic E-state index is 10.6. The summed E-state index contributed by atoms with van der Waals surface area (Å²) < 4.78 is 0.188. The maximum atomic E-state index is 10.6. The molecule has 50 valence electrons. The molecule has 0 aromatic rings. The van der Waals surface area contributed by atoms with Gasteiger partial charge in [-0.3, -0.25) is 15.6 Å². The van der Waals surface area contributed by atoms with Gasteiger partial charge in [-0.05, 0) is 0 Å². The summed E-state index contributed by atoms with van der Waals surface area (Å²) in [5, 5.41) is 0. The third-order valence-corrected chi connectivity index (χ3v) is 2.43. The molecule has 0 bridgehead atoms. The van der Waals surface area contributed by atoms with Gasteiger partial charge in [0.05, 0.1) is 0 Å². The smallest absolute Gasteiger partial charge is 0.261 e. The Labute approximate surface area is 67.3 Å². The molecule has 1 atom stereocenters. The van der Waals surface area contributed by atoms with Crippen molar-refractivity contribution in [2.45, 2.75) is 4.58 Å². The van der Waals surface area contributed by atoms with Crippen molar-refractivity contribution < 1.29 is 4.79 Å². The van der Waals surface area contributed by atoms with Gasteiger partial charge in [-0.2, -0.15) is 12.6 Å². The van der Waals surface area contributed by atoms with Crippen LogP contribution in [0.3, 0.4) is 0 Å². The number of rotatable bonds is 0. The molecule has 0 spiro atoms. The third-order valence-electron chi connectivity index (χ3n) is 0.731. The second kappa shape index (κ2) is 2.76. The summed E-state index contributed by atoms with van der Waals surface area (Å²) in [6, 6.07) is 0. The van der Waals surface area contributed by atoms with Crippen molar-refractivity contribution in [2.24, 2.45) is 0 Å². The number of hydrogen-bond acceptors (Lipinski definition) is 4. The highest BCUT2D eigenvalue weighted by Gasteiger charge is 2.21. The molecule has 0 aliphatic carbocycles. The van der Waals surface area contributed by atoms with E-state index < -0.39 is 0 Å². The molecule has 2 N–H and O–H groups in total. The van der Waals surface area contributed by atoms with Crippen molar-refractivity contribution in [3.05, 3.63) is 0 Å². The van der Waals surface area contributed by atoms with E-state index in [1.54, 1.807) is 0 Å². The molecule has 1 aliphatic heterocycles. The number of carbonyl (C=O) groups is 1. The first-order valence-corrected chi connectivity index (χ1v) is 3.95. The van der Waals surface area contributed by atoms with Crippen molar-refractivity contribution >= 4 is 46.8 Å². The van der Waals surface area contributed by atoms with E-state index in [4.69, 9.17) is 12.2 Å². The number of nitrogens with one attached hydrogen (secondary N) is 2.